The number of hydrogen-bond donors (Lipinski definition) is 2. The van der Waals surface area contributed by atoms with Crippen LogP contribution in [-0.2, 0) is 9.47 Å². The average molecular weight is 341 g/mol. The Labute approximate surface area is 140 Å². The highest BCUT2D eigenvalue weighted by molar-refractivity contribution is 6.33. The van der Waals surface area contributed by atoms with Gasteiger partial charge in [-0.15, -0.1) is 0 Å². The van der Waals surface area contributed by atoms with Gasteiger partial charge in [0.15, 0.2) is 0 Å². The summed E-state index contributed by atoms with van der Waals surface area (Å²) in [7, 11) is 0. The molecule has 1 unspecified atom stereocenters. The van der Waals surface area contributed by atoms with Crippen molar-refractivity contribution in [2.45, 2.75) is 38.9 Å². The summed E-state index contributed by atoms with van der Waals surface area (Å²) in [6, 6.07) is 4.21. The molecule has 1 aromatic rings. The van der Waals surface area contributed by atoms with Crippen LogP contribution in [0.15, 0.2) is 18.2 Å². The molecule has 0 spiro atoms. The molecule has 7 heteroatoms. The fraction of sp³-hybridized carbons (Fsp3) is 0.500. The summed E-state index contributed by atoms with van der Waals surface area (Å²) in [5.41, 5.74) is 0.687. The second-order valence-electron chi connectivity index (χ2n) is 5.62. The number of esters is 1. The molecule has 2 rings (SSSR count). The summed E-state index contributed by atoms with van der Waals surface area (Å²) >= 11 is 6.06. The first-order chi connectivity index (χ1) is 11.0. The quantitative estimate of drug-likeness (QED) is 0.807. The third-order valence-electron chi connectivity index (χ3n) is 3.31. The molecule has 2 N–H and O–H groups in total. The minimum Gasteiger partial charge on any atom is -0.459 e. The molecule has 0 aromatic heterocycles. The van der Waals surface area contributed by atoms with Gasteiger partial charge in [-0.1, -0.05) is 11.6 Å². The van der Waals surface area contributed by atoms with Crippen LogP contribution in [0.1, 0.15) is 37.0 Å². The van der Waals surface area contributed by atoms with Gasteiger partial charge in [0.25, 0.3) is 0 Å². The van der Waals surface area contributed by atoms with Crippen molar-refractivity contribution in [1.29, 1.82) is 0 Å². The van der Waals surface area contributed by atoms with Crippen molar-refractivity contribution in [3.63, 3.8) is 0 Å². The molecule has 2 amide bonds. The highest BCUT2D eigenvalue weighted by atomic mass is 35.5. The number of amides is 2. The maximum Gasteiger partial charge on any atom is 0.338 e. The molecule has 1 aliphatic rings. The Hall–Kier alpha value is -1.79. The summed E-state index contributed by atoms with van der Waals surface area (Å²) in [4.78, 5) is 23.8. The lowest BCUT2D eigenvalue weighted by Gasteiger charge is -2.13. The van der Waals surface area contributed by atoms with Crippen LogP contribution in [0.3, 0.4) is 0 Å². The van der Waals surface area contributed by atoms with E-state index >= 15 is 0 Å². The number of carbonyl (C=O) groups excluding carboxylic acids is 2. The summed E-state index contributed by atoms with van der Waals surface area (Å²) in [5, 5.41) is 5.71. The van der Waals surface area contributed by atoms with Gasteiger partial charge in [0, 0.05) is 13.2 Å². The largest absolute Gasteiger partial charge is 0.459 e. The molecule has 1 heterocycles. The number of benzene rings is 1. The molecular weight excluding hydrogens is 320 g/mol. The van der Waals surface area contributed by atoms with Crippen molar-refractivity contribution in [2.24, 2.45) is 0 Å². The Bertz CT molecular complexity index is 571. The molecule has 1 aliphatic heterocycles. The molecule has 23 heavy (non-hydrogen) atoms. The molecule has 0 saturated carbocycles. The van der Waals surface area contributed by atoms with Crippen molar-refractivity contribution in [3.8, 4) is 0 Å². The number of carbonyl (C=O) groups is 2. The van der Waals surface area contributed by atoms with Gasteiger partial charge in [0.1, 0.15) is 0 Å². The third kappa shape index (κ3) is 5.41. The van der Waals surface area contributed by atoms with E-state index in [2.05, 4.69) is 10.6 Å². The fourth-order valence-corrected chi connectivity index (χ4v) is 2.37. The number of anilines is 1. The van der Waals surface area contributed by atoms with Crippen molar-refractivity contribution < 1.29 is 19.1 Å². The first-order valence-corrected chi connectivity index (χ1v) is 8.00. The van der Waals surface area contributed by atoms with Gasteiger partial charge >= 0.3 is 12.0 Å². The number of halogens is 1. The van der Waals surface area contributed by atoms with Crippen LogP contribution in [0.4, 0.5) is 10.5 Å². The lowest BCUT2D eigenvalue weighted by atomic mass is 10.2. The SMILES string of the molecule is CC(C)OC(=O)c1ccc(Cl)c(NC(=O)NCC2CCCO2)c1. The van der Waals surface area contributed by atoms with Crippen molar-refractivity contribution in [1.82, 2.24) is 5.32 Å². The molecule has 1 fully saturated rings. The van der Waals surface area contributed by atoms with Crippen molar-refractivity contribution in [3.05, 3.63) is 28.8 Å². The molecule has 6 nitrogen and oxygen atoms in total. The number of hydrogen-bond acceptors (Lipinski definition) is 4. The molecule has 1 aromatic carbocycles. The Morgan fingerprint density at radius 2 is 2.22 bits per heavy atom. The van der Waals surface area contributed by atoms with Crippen LogP contribution in [0, 0.1) is 0 Å². The van der Waals surface area contributed by atoms with Gasteiger partial charge < -0.3 is 20.1 Å². The van der Waals surface area contributed by atoms with Crippen LogP contribution in [0.25, 0.3) is 0 Å². The summed E-state index contributed by atoms with van der Waals surface area (Å²) in [6.45, 7) is 4.72. The minimum atomic E-state index is -0.459. The zero-order valence-electron chi connectivity index (χ0n) is 13.2. The summed E-state index contributed by atoms with van der Waals surface area (Å²) < 4.78 is 10.6. The van der Waals surface area contributed by atoms with Crippen LogP contribution >= 0.6 is 11.6 Å². The summed E-state index contributed by atoms with van der Waals surface area (Å²) in [5.74, 6) is -0.459. The van der Waals surface area contributed by atoms with Gasteiger partial charge in [-0.3, -0.25) is 0 Å². The van der Waals surface area contributed by atoms with Gasteiger partial charge in [0.05, 0.1) is 28.5 Å². The molecule has 0 radical (unpaired) electrons. The second-order valence-corrected chi connectivity index (χ2v) is 6.03. The topological polar surface area (TPSA) is 76.7 Å². The van der Waals surface area contributed by atoms with E-state index in [1.54, 1.807) is 26.0 Å². The highest BCUT2D eigenvalue weighted by Crippen LogP contribution is 2.23. The van der Waals surface area contributed by atoms with E-state index < -0.39 is 12.0 Å². The van der Waals surface area contributed by atoms with Crippen LogP contribution < -0.4 is 10.6 Å². The standard InChI is InChI=1S/C16H21ClN2O4/c1-10(2)23-15(20)11-5-6-13(17)14(8-11)19-16(21)18-9-12-4-3-7-22-12/h5-6,8,10,12H,3-4,7,9H2,1-2H3,(H2,18,19,21). The number of urea groups is 1. The minimum absolute atomic E-state index is 0.0589. The van der Waals surface area contributed by atoms with Crippen molar-refractivity contribution >= 4 is 29.3 Å². The Morgan fingerprint density at radius 1 is 1.43 bits per heavy atom. The van der Waals surface area contributed by atoms with Crippen LogP contribution in [0.2, 0.25) is 5.02 Å². The highest BCUT2D eigenvalue weighted by Gasteiger charge is 2.17. The van der Waals surface area contributed by atoms with E-state index in [0.717, 1.165) is 19.4 Å². The Kier molecular flexibility index (Phi) is 6.24. The molecular formula is C16H21ClN2O4. The van der Waals surface area contributed by atoms with E-state index in [4.69, 9.17) is 21.1 Å². The maximum absolute atomic E-state index is 11.9. The fourth-order valence-electron chi connectivity index (χ4n) is 2.21. The molecule has 0 bridgehead atoms. The normalized spacial score (nSPS) is 17.1. The Morgan fingerprint density at radius 3 is 2.87 bits per heavy atom. The lowest BCUT2D eigenvalue weighted by molar-refractivity contribution is 0.0378. The zero-order valence-corrected chi connectivity index (χ0v) is 14.0. The second kappa shape index (κ2) is 8.17. The Balaban J connectivity index is 1.95. The molecule has 1 atom stereocenters. The number of rotatable bonds is 5. The van der Waals surface area contributed by atoms with Crippen LogP contribution in [0.5, 0.6) is 0 Å². The van der Waals surface area contributed by atoms with Crippen molar-refractivity contribution in [2.75, 3.05) is 18.5 Å². The lowest BCUT2D eigenvalue weighted by Crippen LogP contribution is -2.35. The van der Waals surface area contributed by atoms with E-state index in [9.17, 15) is 9.59 Å². The molecule has 0 aliphatic carbocycles. The first-order valence-electron chi connectivity index (χ1n) is 7.62. The van der Waals surface area contributed by atoms with Gasteiger partial charge in [0.2, 0.25) is 0 Å². The maximum atomic E-state index is 11.9. The third-order valence-corrected chi connectivity index (χ3v) is 3.64. The summed E-state index contributed by atoms with van der Waals surface area (Å²) in [6.07, 6.45) is 1.80. The average Bonchev–Trinajstić information content (AvgIpc) is 3.00. The zero-order chi connectivity index (χ0) is 16.8. The van der Waals surface area contributed by atoms with E-state index in [0.29, 0.717) is 22.8 Å². The molecule has 1 saturated heterocycles. The molecule has 126 valence electrons. The monoisotopic (exact) mass is 340 g/mol. The van der Waals surface area contributed by atoms with E-state index in [1.807, 2.05) is 0 Å². The van der Waals surface area contributed by atoms with Gasteiger partial charge in [-0.25, -0.2) is 9.59 Å². The number of nitrogens with one attached hydrogen (secondary N) is 2. The van der Waals surface area contributed by atoms with Gasteiger partial charge in [-0.05, 0) is 44.9 Å². The van der Waals surface area contributed by atoms with E-state index in [-0.39, 0.29) is 12.2 Å². The van der Waals surface area contributed by atoms with Crippen LogP contribution in [-0.4, -0.2) is 37.4 Å². The predicted octanol–water partition coefficient (Wildman–Crippen LogP) is 3.21. The smallest absolute Gasteiger partial charge is 0.338 e. The predicted molar refractivity (Wildman–Crippen MR) is 88.0 cm³/mol. The number of ether oxygens (including phenoxy) is 2. The first kappa shape index (κ1) is 17.6. The van der Waals surface area contributed by atoms with E-state index in [1.165, 1.54) is 6.07 Å². The van der Waals surface area contributed by atoms with Gasteiger partial charge in [-0.2, -0.15) is 0 Å².